The van der Waals surface area contributed by atoms with E-state index < -0.39 is 12.0 Å². The van der Waals surface area contributed by atoms with E-state index in [0.717, 1.165) is 11.3 Å². The molecular formula is C23H32N4O5. The summed E-state index contributed by atoms with van der Waals surface area (Å²) in [6.45, 7) is 9.92. The Bertz CT molecular complexity index is 942. The van der Waals surface area contributed by atoms with Crippen LogP contribution in [0.1, 0.15) is 50.9 Å². The van der Waals surface area contributed by atoms with Crippen molar-refractivity contribution in [3.8, 4) is 0 Å². The van der Waals surface area contributed by atoms with Gasteiger partial charge in [-0.25, -0.2) is 4.79 Å². The van der Waals surface area contributed by atoms with Crippen LogP contribution < -0.4 is 15.5 Å². The highest BCUT2D eigenvalue weighted by Crippen LogP contribution is 2.35. The number of urea groups is 1. The standard InChI is InChI=1S/C23H32N4O5/c1-5-16(12-22(28)29)17-6-7-19(27-8-9-31-13-20(27)14(2)3)18(11-17)24-23(30)25-21-10-15(4)32-26-21/h6-7,10-11,14,16,20H,5,8-9,12-13H2,1-4H3,(H,28,29)(H2,24,25,26,30). The number of carboxylic acid groups (broad SMARTS) is 1. The molecule has 3 rings (SSSR count). The lowest BCUT2D eigenvalue weighted by Gasteiger charge is -2.40. The van der Waals surface area contributed by atoms with Crippen molar-refractivity contribution in [2.75, 3.05) is 35.3 Å². The minimum absolute atomic E-state index is 0.0336. The van der Waals surface area contributed by atoms with Crippen molar-refractivity contribution >= 4 is 29.2 Å². The van der Waals surface area contributed by atoms with E-state index in [9.17, 15) is 14.7 Å². The van der Waals surface area contributed by atoms with Gasteiger partial charge in [0.25, 0.3) is 0 Å². The number of benzene rings is 1. The van der Waals surface area contributed by atoms with E-state index in [1.165, 1.54) is 0 Å². The Hall–Kier alpha value is -3.07. The Morgan fingerprint density at radius 2 is 2.06 bits per heavy atom. The van der Waals surface area contributed by atoms with Crippen LogP contribution in [0.4, 0.5) is 22.0 Å². The number of nitrogens with one attached hydrogen (secondary N) is 2. The number of hydrogen-bond acceptors (Lipinski definition) is 6. The largest absolute Gasteiger partial charge is 0.481 e. The van der Waals surface area contributed by atoms with Crippen LogP contribution in [0.3, 0.4) is 0 Å². The van der Waals surface area contributed by atoms with E-state index in [4.69, 9.17) is 9.26 Å². The number of nitrogens with zero attached hydrogens (tertiary/aromatic N) is 2. The minimum Gasteiger partial charge on any atom is -0.481 e. The number of hydrogen-bond donors (Lipinski definition) is 3. The van der Waals surface area contributed by atoms with Gasteiger partial charge in [-0.15, -0.1) is 0 Å². The van der Waals surface area contributed by atoms with E-state index in [0.29, 0.717) is 49.4 Å². The first-order valence-corrected chi connectivity index (χ1v) is 11.0. The summed E-state index contributed by atoms with van der Waals surface area (Å²) in [5.41, 5.74) is 2.38. The van der Waals surface area contributed by atoms with Gasteiger partial charge in [0, 0.05) is 12.6 Å². The van der Waals surface area contributed by atoms with Gasteiger partial charge in [0.1, 0.15) is 5.76 Å². The fourth-order valence-corrected chi connectivity index (χ4v) is 4.04. The fourth-order valence-electron chi connectivity index (χ4n) is 4.04. The molecule has 1 aromatic carbocycles. The van der Waals surface area contributed by atoms with E-state index in [1.54, 1.807) is 13.0 Å². The maximum Gasteiger partial charge on any atom is 0.325 e. The molecule has 2 atom stereocenters. The number of rotatable bonds is 8. The van der Waals surface area contributed by atoms with Crippen LogP contribution >= 0.6 is 0 Å². The van der Waals surface area contributed by atoms with Gasteiger partial charge in [-0.2, -0.15) is 0 Å². The van der Waals surface area contributed by atoms with Crippen molar-refractivity contribution in [2.24, 2.45) is 5.92 Å². The predicted molar refractivity (Wildman–Crippen MR) is 122 cm³/mol. The lowest BCUT2D eigenvalue weighted by atomic mass is 9.92. The maximum atomic E-state index is 12.7. The molecule has 0 saturated carbocycles. The van der Waals surface area contributed by atoms with Gasteiger partial charge < -0.3 is 24.6 Å². The van der Waals surface area contributed by atoms with Crippen LogP contribution in [0.25, 0.3) is 0 Å². The van der Waals surface area contributed by atoms with Crippen molar-refractivity contribution in [1.29, 1.82) is 0 Å². The first-order chi connectivity index (χ1) is 15.3. The third kappa shape index (κ3) is 5.79. The molecule has 1 aliphatic heterocycles. The fraction of sp³-hybridized carbons (Fsp3) is 0.522. The second kappa shape index (κ2) is 10.5. The zero-order chi connectivity index (χ0) is 23.3. The molecule has 9 nitrogen and oxygen atoms in total. The average Bonchev–Trinajstić information content (AvgIpc) is 3.16. The van der Waals surface area contributed by atoms with Crippen LogP contribution in [0.15, 0.2) is 28.8 Å². The molecule has 0 bridgehead atoms. The maximum absolute atomic E-state index is 12.7. The van der Waals surface area contributed by atoms with Crippen molar-refractivity contribution in [1.82, 2.24) is 5.16 Å². The molecular weight excluding hydrogens is 412 g/mol. The van der Waals surface area contributed by atoms with Crippen LogP contribution in [-0.2, 0) is 9.53 Å². The molecule has 1 fully saturated rings. The molecule has 32 heavy (non-hydrogen) atoms. The zero-order valence-corrected chi connectivity index (χ0v) is 19.1. The van der Waals surface area contributed by atoms with Crippen LogP contribution in [0.5, 0.6) is 0 Å². The highest BCUT2D eigenvalue weighted by Gasteiger charge is 2.28. The molecule has 2 unspecified atom stereocenters. The SMILES string of the molecule is CCC(CC(=O)O)c1ccc(N2CCOCC2C(C)C)c(NC(=O)Nc2cc(C)on2)c1. The summed E-state index contributed by atoms with van der Waals surface area (Å²) in [5, 5.41) is 18.7. The first kappa shape index (κ1) is 23.6. The molecule has 2 heterocycles. The topological polar surface area (TPSA) is 117 Å². The number of aliphatic carboxylic acids is 1. The summed E-state index contributed by atoms with van der Waals surface area (Å²) in [7, 11) is 0. The lowest BCUT2D eigenvalue weighted by Crippen LogP contribution is -2.48. The number of carbonyl (C=O) groups is 2. The number of anilines is 3. The molecule has 0 radical (unpaired) electrons. The van der Waals surface area contributed by atoms with Gasteiger partial charge in [0.2, 0.25) is 0 Å². The summed E-state index contributed by atoms with van der Waals surface area (Å²) in [5.74, 6) is 0.277. The Morgan fingerprint density at radius 1 is 1.28 bits per heavy atom. The van der Waals surface area contributed by atoms with Gasteiger partial charge in [0.05, 0.1) is 37.1 Å². The van der Waals surface area contributed by atoms with Gasteiger partial charge in [-0.1, -0.05) is 32.0 Å². The third-order valence-electron chi connectivity index (χ3n) is 5.77. The molecule has 3 N–H and O–H groups in total. The van der Waals surface area contributed by atoms with Crippen molar-refractivity contribution in [3.63, 3.8) is 0 Å². The van der Waals surface area contributed by atoms with Gasteiger partial charge in [-0.3, -0.25) is 10.1 Å². The summed E-state index contributed by atoms with van der Waals surface area (Å²) in [4.78, 5) is 26.3. The van der Waals surface area contributed by atoms with E-state index in [-0.39, 0.29) is 18.4 Å². The van der Waals surface area contributed by atoms with E-state index in [2.05, 4.69) is 34.5 Å². The molecule has 2 amide bonds. The van der Waals surface area contributed by atoms with Crippen molar-refractivity contribution in [3.05, 3.63) is 35.6 Å². The van der Waals surface area contributed by atoms with Crippen LogP contribution in [0.2, 0.25) is 0 Å². The Morgan fingerprint density at radius 3 is 2.69 bits per heavy atom. The third-order valence-corrected chi connectivity index (χ3v) is 5.77. The molecule has 0 spiro atoms. The van der Waals surface area contributed by atoms with Gasteiger partial charge in [-0.05, 0) is 42.9 Å². The lowest BCUT2D eigenvalue weighted by molar-refractivity contribution is -0.137. The summed E-state index contributed by atoms with van der Waals surface area (Å²) in [6.07, 6.45) is 0.716. The second-order valence-corrected chi connectivity index (χ2v) is 8.46. The van der Waals surface area contributed by atoms with E-state index >= 15 is 0 Å². The zero-order valence-electron chi connectivity index (χ0n) is 19.1. The Labute approximate surface area is 188 Å². The summed E-state index contributed by atoms with van der Waals surface area (Å²) < 4.78 is 10.7. The smallest absolute Gasteiger partial charge is 0.325 e. The number of aryl methyl sites for hydroxylation is 1. The van der Waals surface area contributed by atoms with E-state index in [1.807, 2.05) is 25.1 Å². The highest BCUT2D eigenvalue weighted by molar-refractivity contribution is 6.01. The normalized spacial score (nSPS) is 17.3. The summed E-state index contributed by atoms with van der Waals surface area (Å²) >= 11 is 0. The van der Waals surface area contributed by atoms with Crippen LogP contribution in [0, 0.1) is 12.8 Å². The van der Waals surface area contributed by atoms with Crippen molar-refractivity contribution < 1.29 is 24.0 Å². The Balaban J connectivity index is 1.93. The quantitative estimate of drug-likeness (QED) is 0.550. The summed E-state index contributed by atoms with van der Waals surface area (Å²) in [6, 6.07) is 7.16. The number of amides is 2. The highest BCUT2D eigenvalue weighted by atomic mass is 16.5. The predicted octanol–water partition coefficient (Wildman–Crippen LogP) is 4.46. The number of carbonyl (C=O) groups excluding carboxylic acids is 1. The molecule has 2 aromatic rings. The minimum atomic E-state index is -0.845. The molecule has 1 aliphatic rings. The number of morpholine rings is 1. The van der Waals surface area contributed by atoms with Crippen LogP contribution in [-0.4, -0.2) is 48.1 Å². The first-order valence-electron chi connectivity index (χ1n) is 11.0. The number of carboxylic acids is 1. The van der Waals surface area contributed by atoms with Gasteiger partial charge >= 0.3 is 12.0 Å². The molecule has 0 aliphatic carbocycles. The molecule has 9 heteroatoms. The second-order valence-electron chi connectivity index (χ2n) is 8.46. The van der Waals surface area contributed by atoms with Gasteiger partial charge in [0.15, 0.2) is 5.82 Å². The van der Waals surface area contributed by atoms with Crippen molar-refractivity contribution in [2.45, 2.75) is 52.5 Å². The monoisotopic (exact) mass is 444 g/mol. The molecule has 1 saturated heterocycles. The Kier molecular flexibility index (Phi) is 7.74. The molecule has 1 aromatic heterocycles. The average molecular weight is 445 g/mol. The molecule has 174 valence electrons. The number of ether oxygens (including phenoxy) is 1. The number of aromatic nitrogens is 1.